The van der Waals surface area contributed by atoms with Gasteiger partial charge in [-0.1, -0.05) is 54.1 Å². The Labute approximate surface area is 197 Å². The van der Waals surface area contributed by atoms with Crippen LogP contribution in [-0.4, -0.2) is 42.2 Å². The van der Waals surface area contributed by atoms with Crippen molar-refractivity contribution in [1.82, 2.24) is 15.3 Å². The van der Waals surface area contributed by atoms with Crippen molar-refractivity contribution in [1.29, 1.82) is 0 Å². The third-order valence-corrected chi connectivity index (χ3v) is 5.98. The Balaban J connectivity index is 1.47. The van der Waals surface area contributed by atoms with Gasteiger partial charge in [0.15, 0.2) is 0 Å². The van der Waals surface area contributed by atoms with E-state index in [4.69, 9.17) is 16.3 Å². The monoisotopic (exact) mass is 466 g/mol. The number of ether oxygens (including phenoxy) is 1. The van der Waals surface area contributed by atoms with Crippen molar-refractivity contribution in [2.24, 2.45) is 0 Å². The average molecular weight is 467 g/mol. The van der Waals surface area contributed by atoms with Crippen LogP contribution in [0, 0.1) is 6.92 Å². The number of rotatable bonds is 7. The molecule has 2 aromatic carbocycles. The average Bonchev–Trinajstić information content (AvgIpc) is 2.83. The lowest BCUT2D eigenvalue weighted by molar-refractivity contribution is -0.121. The number of carbonyl (C=O) groups is 1. The van der Waals surface area contributed by atoms with Crippen LogP contribution in [0.5, 0.6) is 0 Å². The predicted octanol–water partition coefficient (Wildman–Crippen LogP) is 3.41. The molecule has 33 heavy (non-hydrogen) atoms. The summed E-state index contributed by atoms with van der Waals surface area (Å²) in [5.74, 6) is 0.402. The summed E-state index contributed by atoms with van der Waals surface area (Å²) in [5, 5.41) is 3.70. The molecule has 1 aliphatic rings. The zero-order valence-corrected chi connectivity index (χ0v) is 19.3. The van der Waals surface area contributed by atoms with E-state index in [1.54, 1.807) is 6.07 Å². The number of carbonyl (C=O) groups excluding carboxylic acids is 1. The molecule has 4 rings (SSSR count). The largest absolute Gasteiger partial charge is 0.378 e. The number of H-pyrrole nitrogens is 1. The van der Waals surface area contributed by atoms with Crippen LogP contribution < -0.4 is 15.8 Å². The molecule has 8 heteroatoms. The van der Waals surface area contributed by atoms with Gasteiger partial charge in [0, 0.05) is 35.8 Å². The fourth-order valence-corrected chi connectivity index (χ4v) is 4.18. The second-order valence-electron chi connectivity index (χ2n) is 8.02. The van der Waals surface area contributed by atoms with Gasteiger partial charge in [0.1, 0.15) is 0 Å². The molecule has 0 radical (unpaired) electrons. The zero-order valence-electron chi connectivity index (χ0n) is 18.5. The number of nitrogens with one attached hydrogen (secondary N) is 2. The lowest BCUT2D eigenvalue weighted by Crippen LogP contribution is -2.38. The Morgan fingerprint density at radius 2 is 1.88 bits per heavy atom. The highest BCUT2D eigenvalue weighted by Gasteiger charge is 2.19. The Morgan fingerprint density at radius 1 is 1.15 bits per heavy atom. The summed E-state index contributed by atoms with van der Waals surface area (Å²) >= 11 is 6.19. The quantitative estimate of drug-likeness (QED) is 0.557. The minimum Gasteiger partial charge on any atom is -0.378 e. The van der Waals surface area contributed by atoms with Gasteiger partial charge in [-0.05, 0) is 36.6 Å². The smallest absolute Gasteiger partial charge is 0.255 e. The van der Waals surface area contributed by atoms with Gasteiger partial charge in [-0.3, -0.25) is 14.6 Å². The minimum absolute atomic E-state index is 0.153. The van der Waals surface area contributed by atoms with E-state index < -0.39 is 0 Å². The summed E-state index contributed by atoms with van der Waals surface area (Å²) in [5.41, 5.74) is 2.82. The number of aromatic nitrogens is 2. The second kappa shape index (κ2) is 10.6. The van der Waals surface area contributed by atoms with Crippen LogP contribution >= 0.6 is 11.6 Å². The van der Waals surface area contributed by atoms with Gasteiger partial charge in [-0.15, -0.1) is 0 Å². The van der Waals surface area contributed by atoms with Crippen molar-refractivity contribution >= 4 is 23.5 Å². The van der Waals surface area contributed by atoms with Gasteiger partial charge in [-0.2, -0.15) is 0 Å². The number of morpholine rings is 1. The molecule has 0 bridgehead atoms. The van der Waals surface area contributed by atoms with Gasteiger partial charge < -0.3 is 15.0 Å². The van der Waals surface area contributed by atoms with Crippen molar-refractivity contribution in [3.8, 4) is 0 Å². The van der Waals surface area contributed by atoms with Crippen LogP contribution in [0.2, 0.25) is 5.02 Å². The van der Waals surface area contributed by atoms with Crippen molar-refractivity contribution in [2.45, 2.75) is 25.8 Å². The Bertz CT molecular complexity index is 1160. The molecule has 172 valence electrons. The van der Waals surface area contributed by atoms with E-state index in [1.807, 2.05) is 60.4 Å². The Hall–Kier alpha value is -3.16. The van der Waals surface area contributed by atoms with Crippen molar-refractivity contribution in [3.63, 3.8) is 0 Å². The Morgan fingerprint density at radius 3 is 2.58 bits per heavy atom. The summed E-state index contributed by atoms with van der Waals surface area (Å²) in [6.45, 7) is 4.41. The van der Waals surface area contributed by atoms with E-state index in [1.165, 1.54) is 0 Å². The van der Waals surface area contributed by atoms with E-state index in [0.717, 1.165) is 11.1 Å². The molecule has 2 heterocycles. The number of halogens is 1. The van der Waals surface area contributed by atoms with Crippen LogP contribution in [0.4, 0.5) is 5.95 Å². The molecule has 0 saturated carbocycles. The SMILES string of the molecule is Cc1nc(N2CCOCC2)[nH]c(=O)c1CCC(=O)NC(c1ccccc1)c1cccc(Cl)c1. The highest BCUT2D eigenvalue weighted by molar-refractivity contribution is 6.30. The molecule has 2 N–H and O–H groups in total. The number of nitrogens with zero attached hydrogens (tertiary/aromatic N) is 2. The maximum atomic E-state index is 12.9. The summed E-state index contributed by atoms with van der Waals surface area (Å²) in [6.07, 6.45) is 0.479. The molecule has 7 nitrogen and oxygen atoms in total. The predicted molar refractivity (Wildman–Crippen MR) is 129 cm³/mol. The van der Waals surface area contributed by atoms with Crippen LogP contribution in [0.15, 0.2) is 59.4 Å². The topological polar surface area (TPSA) is 87.3 Å². The first-order valence-corrected chi connectivity index (χ1v) is 11.4. The molecule has 1 unspecified atom stereocenters. The normalized spacial score (nSPS) is 14.7. The summed E-state index contributed by atoms with van der Waals surface area (Å²) in [4.78, 5) is 35.1. The maximum Gasteiger partial charge on any atom is 0.255 e. The fourth-order valence-electron chi connectivity index (χ4n) is 3.98. The molecular formula is C25H27ClN4O3. The van der Waals surface area contributed by atoms with E-state index in [-0.39, 0.29) is 23.9 Å². The molecule has 0 aliphatic carbocycles. The van der Waals surface area contributed by atoms with Crippen LogP contribution in [0.25, 0.3) is 0 Å². The number of aromatic amines is 1. The van der Waals surface area contributed by atoms with E-state index >= 15 is 0 Å². The van der Waals surface area contributed by atoms with Crippen LogP contribution in [0.1, 0.15) is 34.8 Å². The molecule has 1 atom stereocenters. The molecule has 3 aromatic rings. The van der Waals surface area contributed by atoms with Crippen molar-refractivity contribution < 1.29 is 9.53 Å². The first-order valence-electron chi connectivity index (χ1n) is 11.0. The standard InChI is InChI=1S/C25H27ClN4O3/c1-17-21(24(32)29-25(27-17)30-12-14-33-15-13-30)10-11-22(31)28-23(18-6-3-2-4-7-18)19-8-5-9-20(26)16-19/h2-9,16,23H,10-15H2,1H3,(H,28,31)(H,27,29,32). The second-order valence-corrected chi connectivity index (χ2v) is 8.46. The molecular weight excluding hydrogens is 440 g/mol. The molecule has 1 saturated heterocycles. The summed E-state index contributed by atoms with van der Waals surface area (Å²) in [6, 6.07) is 16.9. The fraction of sp³-hybridized carbons (Fsp3) is 0.320. The van der Waals surface area contributed by atoms with Gasteiger partial charge in [0.05, 0.1) is 19.3 Å². The molecule has 1 aromatic heterocycles. The highest BCUT2D eigenvalue weighted by Crippen LogP contribution is 2.24. The molecule has 1 amide bonds. The Kier molecular flexibility index (Phi) is 7.42. The van der Waals surface area contributed by atoms with Gasteiger partial charge in [0.25, 0.3) is 5.56 Å². The van der Waals surface area contributed by atoms with Crippen molar-refractivity contribution in [3.05, 3.63) is 92.4 Å². The van der Waals surface area contributed by atoms with E-state index in [2.05, 4.69) is 15.3 Å². The number of amides is 1. The molecule has 1 fully saturated rings. The van der Waals surface area contributed by atoms with E-state index in [9.17, 15) is 9.59 Å². The zero-order chi connectivity index (χ0) is 23.2. The van der Waals surface area contributed by atoms with Crippen molar-refractivity contribution in [2.75, 3.05) is 31.2 Å². The first-order chi connectivity index (χ1) is 16.0. The van der Waals surface area contributed by atoms with Gasteiger partial charge in [-0.25, -0.2) is 4.98 Å². The van der Waals surface area contributed by atoms with Crippen LogP contribution in [0.3, 0.4) is 0 Å². The first kappa shape index (κ1) is 23.0. The number of anilines is 1. The van der Waals surface area contributed by atoms with E-state index in [0.29, 0.717) is 55.0 Å². The number of hydrogen-bond donors (Lipinski definition) is 2. The van der Waals surface area contributed by atoms with Gasteiger partial charge in [0.2, 0.25) is 11.9 Å². The number of hydrogen-bond acceptors (Lipinski definition) is 5. The van der Waals surface area contributed by atoms with Crippen LogP contribution in [-0.2, 0) is 16.0 Å². The lowest BCUT2D eigenvalue weighted by atomic mass is 9.98. The summed E-state index contributed by atoms with van der Waals surface area (Å²) < 4.78 is 5.36. The minimum atomic E-state index is -0.335. The molecule has 0 spiro atoms. The number of aryl methyl sites for hydroxylation is 1. The third kappa shape index (κ3) is 5.80. The summed E-state index contributed by atoms with van der Waals surface area (Å²) in [7, 11) is 0. The number of benzene rings is 2. The lowest BCUT2D eigenvalue weighted by Gasteiger charge is -2.27. The molecule has 1 aliphatic heterocycles. The third-order valence-electron chi connectivity index (χ3n) is 5.74. The highest BCUT2D eigenvalue weighted by atomic mass is 35.5. The maximum absolute atomic E-state index is 12.9. The van der Waals surface area contributed by atoms with Gasteiger partial charge >= 0.3 is 0 Å².